The third-order valence-corrected chi connectivity index (χ3v) is 3.01. The highest BCUT2D eigenvalue weighted by Gasteiger charge is 2.13. The number of nitrogen functional groups attached to an aromatic ring is 1. The minimum absolute atomic E-state index is 0.0434. The normalized spacial score (nSPS) is 10.0. The van der Waals surface area contributed by atoms with E-state index < -0.39 is 5.97 Å². The Morgan fingerprint density at radius 3 is 2.52 bits per heavy atom. The lowest BCUT2D eigenvalue weighted by Gasteiger charge is -2.15. The molecular formula is C15H16N2O4. The molecule has 0 saturated heterocycles. The van der Waals surface area contributed by atoms with Crippen LogP contribution in [0.5, 0.6) is 11.5 Å². The van der Waals surface area contributed by atoms with Crippen LogP contribution in [0.15, 0.2) is 36.4 Å². The Hall–Kier alpha value is -2.89. The highest BCUT2D eigenvalue weighted by atomic mass is 16.5. The number of carboxylic acids is 1. The predicted molar refractivity (Wildman–Crippen MR) is 80.6 cm³/mol. The maximum Gasteiger partial charge on any atom is 0.337 e. The molecule has 2 aromatic carbocycles. The van der Waals surface area contributed by atoms with Crippen LogP contribution in [0, 0.1) is 0 Å². The molecule has 6 nitrogen and oxygen atoms in total. The zero-order valence-corrected chi connectivity index (χ0v) is 11.7. The van der Waals surface area contributed by atoms with Gasteiger partial charge in [-0.3, -0.25) is 0 Å². The predicted octanol–water partition coefficient (Wildman–Crippen LogP) is 2.73. The summed E-state index contributed by atoms with van der Waals surface area (Å²) in [7, 11) is 3.11. The quantitative estimate of drug-likeness (QED) is 0.732. The van der Waals surface area contributed by atoms with Gasteiger partial charge in [0, 0.05) is 6.07 Å². The minimum atomic E-state index is -1.08. The van der Waals surface area contributed by atoms with E-state index in [4.69, 9.17) is 20.3 Å². The molecule has 6 heteroatoms. The van der Waals surface area contributed by atoms with Gasteiger partial charge in [-0.2, -0.15) is 0 Å². The Kier molecular flexibility index (Phi) is 4.18. The summed E-state index contributed by atoms with van der Waals surface area (Å²) in [6.07, 6.45) is 0. The molecule has 0 spiro atoms. The second-order valence-corrected chi connectivity index (χ2v) is 4.26. The summed E-state index contributed by atoms with van der Waals surface area (Å²) < 4.78 is 10.4. The maximum atomic E-state index is 11.1. The van der Waals surface area contributed by atoms with Crippen molar-refractivity contribution in [3.8, 4) is 11.5 Å². The fourth-order valence-electron chi connectivity index (χ4n) is 1.92. The number of carbonyl (C=O) groups is 1. The number of aromatic carboxylic acids is 1. The summed E-state index contributed by atoms with van der Waals surface area (Å²) in [5, 5.41) is 12.2. The molecule has 2 aromatic rings. The van der Waals surface area contributed by atoms with E-state index in [0.29, 0.717) is 22.9 Å². The zero-order valence-electron chi connectivity index (χ0n) is 11.7. The first-order valence-electron chi connectivity index (χ1n) is 6.17. The molecule has 0 saturated carbocycles. The van der Waals surface area contributed by atoms with Gasteiger partial charge in [0.2, 0.25) is 0 Å². The number of hydrogen-bond acceptors (Lipinski definition) is 5. The molecule has 0 aliphatic rings. The van der Waals surface area contributed by atoms with Gasteiger partial charge in [0.15, 0.2) is 0 Å². The molecule has 0 amide bonds. The van der Waals surface area contributed by atoms with E-state index in [1.807, 2.05) is 0 Å². The van der Waals surface area contributed by atoms with Crippen molar-refractivity contribution >= 4 is 23.0 Å². The van der Waals surface area contributed by atoms with Crippen molar-refractivity contribution in [3.63, 3.8) is 0 Å². The minimum Gasteiger partial charge on any atom is -0.497 e. The molecule has 4 N–H and O–H groups in total. The van der Waals surface area contributed by atoms with Crippen LogP contribution >= 0.6 is 0 Å². The van der Waals surface area contributed by atoms with E-state index in [0.717, 1.165) is 0 Å². The van der Waals surface area contributed by atoms with Crippen molar-refractivity contribution in [2.24, 2.45) is 0 Å². The fraction of sp³-hybridized carbons (Fsp3) is 0.133. The number of nitrogens with one attached hydrogen (secondary N) is 1. The molecule has 2 rings (SSSR count). The number of rotatable bonds is 5. The average molecular weight is 288 g/mol. The number of benzene rings is 2. The molecule has 0 bridgehead atoms. The Morgan fingerprint density at radius 1 is 1.14 bits per heavy atom. The summed E-state index contributed by atoms with van der Waals surface area (Å²) in [5.74, 6) is 0.163. The number of anilines is 3. The highest BCUT2D eigenvalue weighted by Crippen LogP contribution is 2.34. The van der Waals surface area contributed by atoms with Crippen LogP contribution in [0.2, 0.25) is 0 Å². The second-order valence-electron chi connectivity index (χ2n) is 4.26. The van der Waals surface area contributed by atoms with Crippen molar-refractivity contribution in [2.45, 2.75) is 0 Å². The van der Waals surface area contributed by atoms with Gasteiger partial charge in [-0.05, 0) is 24.3 Å². The SMILES string of the molecule is COc1ccc(OC)c(Nc2cccc(C(=O)O)c2N)c1. The summed E-state index contributed by atoms with van der Waals surface area (Å²) in [6, 6.07) is 10.0. The highest BCUT2D eigenvalue weighted by molar-refractivity contribution is 5.97. The summed E-state index contributed by atoms with van der Waals surface area (Å²) in [4.78, 5) is 11.1. The smallest absolute Gasteiger partial charge is 0.337 e. The van der Waals surface area contributed by atoms with E-state index in [9.17, 15) is 4.79 Å². The van der Waals surface area contributed by atoms with Gasteiger partial charge in [0.05, 0.1) is 36.8 Å². The summed E-state index contributed by atoms with van der Waals surface area (Å²) >= 11 is 0. The van der Waals surface area contributed by atoms with Crippen molar-refractivity contribution < 1.29 is 19.4 Å². The van der Waals surface area contributed by atoms with Crippen LogP contribution in [0.4, 0.5) is 17.1 Å². The van der Waals surface area contributed by atoms with E-state index in [2.05, 4.69) is 5.32 Å². The summed E-state index contributed by atoms with van der Waals surface area (Å²) in [6.45, 7) is 0. The van der Waals surface area contributed by atoms with E-state index >= 15 is 0 Å². The Balaban J connectivity index is 2.42. The molecule has 0 aromatic heterocycles. The molecule has 0 radical (unpaired) electrons. The van der Waals surface area contributed by atoms with E-state index in [-0.39, 0.29) is 11.3 Å². The molecule has 110 valence electrons. The largest absolute Gasteiger partial charge is 0.497 e. The Bertz CT molecular complexity index is 671. The van der Waals surface area contributed by atoms with Gasteiger partial charge in [0.25, 0.3) is 0 Å². The number of nitrogens with two attached hydrogens (primary N) is 1. The first-order valence-corrected chi connectivity index (χ1v) is 6.17. The zero-order chi connectivity index (χ0) is 15.4. The Morgan fingerprint density at radius 2 is 1.90 bits per heavy atom. The topological polar surface area (TPSA) is 93.8 Å². The second kappa shape index (κ2) is 6.04. The van der Waals surface area contributed by atoms with Gasteiger partial charge < -0.3 is 25.6 Å². The van der Waals surface area contributed by atoms with Gasteiger partial charge in [-0.25, -0.2) is 4.79 Å². The number of hydrogen-bond donors (Lipinski definition) is 3. The van der Waals surface area contributed by atoms with E-state index in [1.165, 1.54) is 6.07 Å². The van der Waals surface area contributed by atoms with Crippen LogP contribution in [-0.4, -0.2) is 25.3 Å². The standard InChI is InChI=1S/C15H16N2O4/c1-20-9-6-7-13(21-2)12(8-9)17-11-5-3-4-10(14(11)16)15(18)19/h3-8,17H,16H2,1-2H3,(H,18,19). The third kappa shape index (κ3) is 3.00. The molecule has 0 unspecified atom stereocenters. The van der Waals surface area contributed by atoms with Crippen LogP contribution in [-0.2, 0) is 0 Å². The van der Waals surface area contributed by atoms with Crippen LogP contribution < -0.4 is 20.5 Å². The third-order valence-electron chi connectivity index (χ3n) is 3.01. The Labute approximate surface area is 122 Å². The van der Waals surface area contributed by atoms with Crippen LogP contribution in [0.1, 0.15) is 10.4 Å². The maximum absolute atomic E-state index is 11.1. The van der Waals surface area contributed by atoms with Crippen molar-refractivity contribution in [2.75, 3.05) is 25.3 Å². The number of para-hydroxylation sites is 1. The lowest BCUT2D eigenvalue weighted by Crippen LogP contribution is -2.05. The van der Waals surface area contributed by atoms with Crippen LogP contribution in [0.3, 0.4) is 0 Å². The number of methoxy groups -OCH3 is 2. The van der Waals surface area contributed by atoms with Crippen molar-refractivity contribution in [1.82, 2.24) is 0 Å². The molecule has 21 heavy (non-hydrogen) atoms. The molecule has 0 heterocycles. The van der Waals surface area contributed by atoms with Gasteiger partial charge in [-0.1, -0.05) is 6.07 Å². The molecule has 0 aliphatic heterocycles. The van der Waals surface area contributed by atoms with Gasteiger partial charge in [0.1, 0.15) is 11.5 Å². The molecule has 0 aliphatic carbocycles. The first kappa shape index (κ1) is 14.5. The molecular weight excluding hydrogens is 272 g/mol. The monoisotopic (exact) mass is 288 g/mol. The van der Waals surface area contributed by atoms with Gasteiger partial charge >= 0.3 is 5.97 Å². The van der Waals surface area contributed by atoms with Crippen molar-refractivity contribution in [1.29, 1.82) is 0 Å². The van der Waals surface area contributed by atoms with Crippen LogP contribution in [0.25, 0.3) is 0 Å². The lowest BCUT2D eigenvalue weighted by atomic mass is 10.1. The number of carboxylic acid groups (broad SMARTS) is 1. The fourth-order valence-corrected chi connectivity index (χ4v) is 1.92. The summed E-state index contributed by atoms with van der Waals surface area (Å²) in [5.41, 5.74) is 7.20. The average Bonchev–Trinajstić information content (AvgIpc) is 2.49. The van der Waals surface area contributed by atoms with E-state index in [1.54, 1.807) is 44.6 Å². The lowest BCUT2D eigenvalue weighted by molar-refractivity contribution is 0.0698. The molecule has 0 atom stereocenters. The number of ether oxygens (including phenoxy) is 2. The van der Waals surface area contributed by atoms with Gasteiger partial charge in [-0.15, -0.1) is 0 Å². The van der Waals surface area contributed by atoms with Crippen molar-refractivity contribution in [3.05, 3.63) is 42.0 Å². The molecule has 0 fully saturated rings. The first-order chi connectivity index (χ1) is 10.1.